The number of benzene rings is 2. The number of aliphatic hydroxyl groups is 1. The summed E-state index contributed by atoms with van der Waals surface area (Å²) in [5.41, 5.74) is 3.23. The Balaban J connectivity index is 1.46. The number of aliphatic hydroxyl groups excluding tert-OH is 1. The maximum Gasteiger partial charge on any atom is 0.328 e. The van der Waals surface area contributed by atoms with Crippen LogP contribution in [-0.4, -0.2) is 45.8 Å². The number of allylic oxidation sites excluding steroid dienone is 2. The van der Waals surface area contributed by atoms with Gasteiger partial charge in [-0.2, -0.15) is 0 Å². The maximum absolute atomic E-state index is 12.4. The van der Waals surface area contributed by atoms with E-state index in [1.54, 1.807) is 24.4 Å². The number of imidazole rings is 1. The fourth-order valence-corrected chi connectivity index (χ4v) is 3.63. The molecule has 1 aliphatic heterocycles. The van der Waals surface area contributed by atoms with E-state index in [0.29, 0.717) is 17.9 Å². The third-order valence-corrected chi connectivity index (χ3v) is 5.27. The third kappa shape index (κ3) is 4.75. The molecule has 1 atom stereocenters. The van der Waals surface area contributed by atoms with Crippen molar-refractivity contribution in [1.82, 2.24) is 9.55 Å². The number of hydrogen-bond acceptors (Lipinski definition) is 6. The Morgan fingerprint density at radius 2 is 2.06 bits per heavy atom. The number of aromatic nitrogens is 2. The van der Waals surface area contributed by atoms with Crippen molar-refractivity contribution in [1.29, 1.82) is 0 Å². The van der Waals surface area contributed by atoms with Crippen LogP contribution in [0.1, 0.15) is 16.8 Å². The van der Waals surface area contributed by atoms with Crippen molar-refractivity contribution in [2.75, 3.05) is 13.7 Å². The maximum atomic E-state index is 12.4. The number of aromatic amines is 1. The summed E-state index contributed by atoms with van der Waals surface area (Å²) >= 11 is 0. The number of rotatable bonds is 9. The van der Waals surface area contributed by atoms with Crippen LogP contribution in [0.25, 0.3) is 11.6 Å². The molecule has 1 aliphatic rings. The van der Waals surface area contributed by atoms with E-state index >= 15 is 0 Å². The van der Waals surface area contributed by atoms with Gasteiger partial charge < -0.3 is 24.7 Å². The first-order valence-electron chi connectivity index (χ1n) is 10.5. The highest BCUT2D eigenvalue weighted by Gasteiger charge is 2.18. The second kappa shape index (κ2) is 9.62. The van der Waals surface area contributed by atoms with Crippen LogP contribution < -0.4 is 15.2 Å². The van der Waals surface area contributed by atoms with Crippen LogP contribution in [0.15, 0.2) is 64.9 Å². The van der Waals surface area contributed by atoms with Crippen molar-refractivity contribution >= 4 is 23.6 Å². The standard InChI is InChI=1S/C25H25N3O5/c1-3-6-16-9-10-22(23(11-16)32-2)33-15-18(29)14-28-24(30)21(27-25(28)31)12-17-13-26-20-8-5-4-7-19(17)20/h3-5,7-13,18,29-30H,1,6,14-15H2,2H3,(H,27,31)/b17-12+. The Bertz CT molecular complexity index is 1290. The summed E-state index contributed by atoms with van der Waals surface area (Å²) in [5.74, 6) is 0.742. The normalized spacial score (nSPS) is 14.3. The third-order valence-electron chi connectivity index (χ3n) is 5.27. The predicted octanol–water partition coefficient (Wildman–Crippen LogP) is 3.32. The van der Waals surface area contributed by atoms with Crippen LogP contribution in [0.3, 0.4) is 0 Å². The Morgan fingerprint density at radius 3 is 2.85 bits per heavy atom. The molecule has 0 spiro atoms. The zero-order valence-electron chi connectivity index (χ0n) is 18.2. The number of methoxy groups -OCH3 is 1. The molecule has 0 saturated heterocycles. The quantitative estimate of drug-likeness (QED) is 0.436. The molecular weight excluding hydrogens is 422 g/mol. The topological polar surface area (TPSA) is 109 Å². The molecular formula is C25H25N3O5. The van der Waals surface area contributed by atoms with Gasteiger partial charge in [0.25, 0.3) is 0 Å². The molecule has 2 heterocycles. The molecule has 4 rings (SSSR count). The van der Waals surface area contributed by atoms with Gasteiger partial charge in [0.2, 0.25) is 5.88 Å². The molecule has 1 aromatic heterocycles. The zero-order valence-corrected chi connectivity index (χ0v) is 18.2. The van der Waals surface area contributed by atoms with Gasteiger partial charge in [0.05, 0.1) is 19.3 Å². The van der Waals surface area contributed by atoms with E-state index in [9.17, 15) is 15.0 Å². The summed E-state index contributed by atoms with van der Waals surface area (Å²) < 4.78 is 12.1. The van der Waals surface area contributed by atoms with Crippen LogP contribution in [-0.2, 0) is 13.0 Å². The minimum atomic E-state index is -1.05. The van der Waals surface area contributed by atoms with Crippen molar-refractivity contribution in [3.05, 3.63) is 82.4 Å². The van der Waals surface area contributed by atoms with Crippen LogP contribution in [0.5, 0.6) is 17.4 Å². The van der Waals surface area contributed by atoms with Crippen molar-refractivity contribution in [2.24, 2.45) is 4.99 Å². The number of para-hydroxylation sites is 1. The van der Waals surface area contributed by atoms with E-state index in [-0.39, 0.29) is 24.7 Å². The van der Waals surface area contributed by atoms with E-state index in [1.165, 1.54) is 7.11 Å². The Morgan fingerprint density at radius 1 is 1.24 bits per heavy atom. The molecule has 8 nitrogen and oxygen atoms in total. The highest BCUT2D eigenvalue weighted by atomic mass is 16.5. The molecule has 0 bridgehead atoms. The van der Waals surface area contributed by atoms with Crippen molar-refractivity contribution in [3.63, 3.8) is 0 Å². The van der Waals surface area contributed by atoms with Crippen molar-refractivity contribution < 1.29 is 19.7 Å². The first-order valence-corrected chi connectivity index (χ1v) is 10.5. The summed E-state index contributed by atoms with van der Waals surface area (Å²) in [4.78, 5) is 19.3. The summed E-state index contributed by atoms with van der Waals surface area (Å²) in [6.45, 7) is 3.48. The van der Waals surface area contributed by atoms with Gasteiger partial charge in [-0.1, -0.05) is 30.3 Å². The highest BCUT2D eigenvalue weighted by Crippen LogP contribution is 2.33. The Labute approximate surface area is 190 Å². The van der Waals surface area contributed by atoms with Crippen LogP contribution in [0.2, 0.25) is 0 Å². The van der Waals surface area contributed by atoms with E-state index in [4.69, 9.17) is 9.47 Å². The minimum absolute atomic E-state index is 0.0926. The second-order valence-corrected chi connectivity index (χ2v) is 7.60. The molecule has 1 unspecified atom stereocenters. The lowest BCUT2D eigenvalue weighted by molar-refractivity contribution is 0.0881. The smallest absolute Gasteiger partial charge is 0.328 e. The number of nitrogens with one attached hydrogen (secondary N) is 1. The van der Waals surface area contributed by atoms with Crippen molar-refractivity contribution in [2.45, 2.75) is 19.1 Å². The number of hydrogen-bond donors (Lipinski definition) is 3. The lowest BCUT2D eigenvalue weighted by Gasteiger charge is -2.15. The van der Waals surface area contributed by atoms with Gasteiger partial charge in [0, 0.05) is 17.4 Å². The molecule has 33 heavy (non-hydrogen) atoms. The van der Waals surface area contributed by atoms with E-state index in [2.05, 4.69) is 16.6 Å². The molecule has 0 saturated carbocycles. The molecule has 3 aromatic rings. The molecule has 3 N–H and O–H groups in total. The second-order valence-electron chi connectivity index (χ2n) is 7.60. The lowest BCUT2D eigenvalue weighted by atomic mass is 10.1. The number of ether oxygens (including phenoxy) is 2. The van der Waals surface area contributed by atoms with Crippen LogP contribution >= 0.6 is 0 Å². The minimum Gasteiger partial charge on any atom is -0.493 e. The predicted molar refractivity (Wildman–Crippen MR) is 128 cm³/mol. The largest absolute Gasteiger partial charge is 0.493 e. The molecule has 170 valence electrons. The highest BCUT2D eigenvalue weighted by molar-refractivity contribution is 6.21. The van der Waals surface area contributed by atoms with Gasteiger partial charge in [0.15, 0.2) is 11.5 Å². The number of aromatic hydroxyl groups is 1. The van der Waals surface area contributed by atoms with Gasteiger partial charge >= 0.3 is 5.69 Å². The van der Waals surface area contributed by atoms with E-state index in [1.807, 2.05) is 36.4 Å². The summed E-state index contributed by atoms with van der Waals surface area (Å²) in [7, 11) is 1.54. The van der Waals surface area contributed by atoms with Crippen LogP contribution in [0.4, 0.5) is 5.69 Å². The van der Waals surface area contributed by atoms with Gasteiger partial charge in [0.1, 0.15) is 18.4 Å². The molecule has 0 radical (unpaired) electrons. The summed E-state index contributed by atoms with van der Waals surface area (Å²) in [5, 5.41) is 21.0. The van der Waals surface area contributed by atoms with Gasteiger partial charge in [-0.3, -0.25) is 9.56 Å². The Hall–Kier alpha value is -4.04. The molecule has 8 heteroatoms. The SMILES string of the molecule is C=CCc1ccc(OCC(O)Cn2c(O)c(/C=C3\C=Nc4ccccc43)[nH]c2=O)c(OC)c1. The Kier molecular flexibility index (Phi) is 6.46. The molecule has 2 aromatic carbocycles. The summed E-state index contributed by atoms with van der Waals surface area (Å²) in [6, 6.07) is 13.1. The summed E-state index contributed by atoms with van der Waals surface area (Å²) in [6.07, 6.45) is 4.78. The molecule has 0 amide bonds. The number of aliphatic imine (C=N–C) groups is 1. The van der Waals surface area contributed by atoms with Crippen molar-refractivity contribution in [3.8, 4) is 17.4 Å². The molecule has 0 fully saturated rings. The fourth-order valence-electron chi connectivity index (χ4n) is 3.63. The number of H-pyrrole nitrogens is 1. The lowest BCUT2D eigenvalue weighted by Crippen LogP contribution is -2.28. The average molecular weight is 447 g/mol. The monoisotopic (exact) mass is 447 g/mol. The van der Waals surface area contributed by atoms with Gasteiger partial charge in [-0.25, -0.2) is 4.79 Å². The van der Waals surface area contributed by atoms with Crippen LogP contribution in [0, 0.1) is 0 Å². The van der Waals surface area contributed by atoms with Gasteiger partial charge in [-0.15, -0.1) is 6.58 Å². The first-order chi connectivity index (χ1) is 16.0. The van der Waals surface area contributed by atoms with Gasteiger partial charge in [-0.05, 0) is 36.3 Å². The molecule has 0 aliphatic carbocycles. The average Bonchev–Trinajstić information content (AvgIpc) is 3.34. The first kappa shape index (κ1) is 22.2. The fraction of sp³-hybridized carbons (Fsp3) is 0.200. The number of nitrogens with zero attached hydrogens (tertiary/aromatic N) is 2. The number of fused-ring (bicyclic) bond motifs is 1. The van der Waals surface area contributed by atoms with E-state index in [0.717, 1.165) is 27.0 Å². The zero-order chi connectivity index (χ0) is 23.4. The van der Waals surface area contributed by atoms with E-state index < -0.39 is 11.8 Å².